The van der Waals surface area contributed by atoms with E-state index in [0.29, 0.717) is 22.6 Å². The Balaban J connectivity index is 1.19. The number of aromatic nitrogens is 3. The molecule has 0 saturated heterocycles. The molecule has 0 fully saturated rings. The second kappa shape index (κ2) is 11.7. The molecule has 3 heterocycles. The van der Waals surface area contributed by atoms with Crippen LogP contribution in [0.4, 0.5) is 0 Å². The SMILES string of the molecule is N#Cc1cccc(-c2nc3ccccc3nc2-c2cc(-c3ccc(-c4ccc5oc6ccccc6c5c4)cc3)cc(-c3ccccc3)n2)c1. The van der Waals surface area contributed by atoms with E-state index in [2.05, 4.69) is 72.8 Å². The van der Waals surface area contributed by atoms with E-state index in [-0.39, 0.29) is 0 Å². The lowest BCUT2D eigenvalue weighted by atomic mass is 9.97. The summed E-state index contributed by atoms with van der Waals surface area (Å²) >= 11 is 0. The molecule has 0 unspecified atom stereocenters. The minimum Gasteiger partial charge on any atom is -0.456 e. The fraction of sp³-hybridized carbons (Fsp3) is 0. The Kier molecular flexibility index (Phi) is 6.78. The van der Waals surface area contributed by atoms with Gasteiger partial charge in [-0.3, -0.25) is 0 Å². The van der Waals surface area contributed by atoms with Crippen molar-refractivity contribution in [2.75, 3.05) is 0 Å². The lowest BCUT2D eigenvalue weighted by Gasteiger charge is -2.14. The summed E-state index contributed by atoms with van der Waals surface area (Å²) in [6, 6.07) is 55.1. The predicted octanol–water partition coefficient (Wildman–Crippen LogP) is 11.1. The molecular formula is C44H26N4O. The standard InChI is InChI=1S/C44H26N4O/c45-27-28-9-8-12-33(23-28)43-44(48-38-15-6-5-14-37(38)47-43)40-26-34(25-39(46-40)31-10-2-1-3-11-31)30-19-17-29(18-20-30)32-21-22-42-36(24-32)35-13-4-7-16-41(35)49-42/h1-26H. The highest BCUT2D eigenvalue weighted by molar-refractivity contribution is 6.06. The number of benzene rings is 6. The van der Waals surface area contributed by atoms with E-state index < -0.39 is 0 Å². The number of pyridine rings is 1. The maximum atomic E-state index is 9.66. The Labute approximate surface area is 282 Å². The van der Waals surface area contributed by atoms with Crippen molar-refractivity contribution in [3.8, 4) is 62.2 Å². The third-order valence-corrected chi connectivity index (χ3v) is 8.90. The van der Waals surface area contributed by atoms with E-state index >= 15 is 0 Å². The molecule has 0 N–H and O–H groups in total. The molecule has 0 saturated carbocycles. The van der Waals surface area contributed by atoms with E-state index in [1.54, 1.807) is 6.07 Å². The Bertz CT molecular complexity index is 2720. The smallest absolute Gasteiger partial charge is 0.135 e. The molecule has 49 heavy (non-hydrogen) atoms. The van der Waals surface area contributed by atoms with Crippen LogP contribution in [0.2, 0.25) is 0 Å². The molecule has 5 nitrogen and oxygen atoms in total. The fourth-order valence-corrected chi connectivity index (χ4v) is 6.45. The summed E-state index contributed by atoms with van der Waals surface area (Å²) in [6.45, 7) is 0. The van der Waals surface area contributed by atoms with Gasteiger partial charge in [-0.1, -0.05) is 103 Å². The molecule has 228 valence electrons. The maximum absolute atomic E-state index is 9.66. The third-order valence-electron chi connectivity index (χ3n) is 8.90. The highest BCUT2D eigenvalue weighted by atomic mass is 16.3. The zero-order valence-electron chi connectivity index (χ0n) is 26.2. The van der Waals surface area contributed by atoms with E-state index in [9.17, 15) is 5.26 Å². The lowest BCUT2D eigenvalue weighted by molar-refractivity contribution is 0.669. The Morgan fingerprint density at radius 3 is 1.84 bits per heavy atom. The van der Waals surface area contributed by atoms with Gasteiger partial charge in [0, 0.05) is 21.9 Å². The number of para-hydroxylation sites is 3. The summed E-state index contributed by atoms with van der Waals surface area (Å²) in [5.41, 5.74) is 12.9. The topological polar surface area (TPSA) is 75.6 Å². The van der Waals surface area contributed by atoms with Crippen LogP contribution in [0.3, 0.4) is 0 Å². The second-order valence-corrected chi connectivity index (χ2v) is 12.0. The molecule has 0 spiro atoms. The number of hydrogen-bond acceptors (Lipinski definition) is 5. The van der Waals surface area contributed by atoms with Crippen LogP contribution >= 0.6 is 0 Å². The molecular weight excluding hydrogens is 601 g/mol. The van der Waals surface area contributed by atoms with Gasteiger partial charge in [0.15, 0.2) is 0 Å². The first-order chi connectivity index (χ1) is 24.2. The molecule has 5 heteroatoms. The predicted molar refractivity (Wildman–Crippen MR) is 197 cm³/mol. The van der Waals surface area contributed by atoms with Gasteiger partial charge in [-0.25, -0.2) is 15.0 Å². The summed E-state index contributed by atoms with van der Waals surface area (Å²) in [4.78, 5) is 15.4. The van der Waals surface area contributed by atoms with Gasteiger partial charge in [0.25, 0.3) is 0 Å². The van der Waals surface area contributed by atoms with Crippen LogP contribution in [0.5, 0.6) is 0 Å². The van der Waals surface area contributed by atoms with Gasteiger partial charge in [0.05, 0.1) is 39.7 Å². The zero-order chi connectivity index (χ0) is 32.7. The molecule has 0 aliphatic carbocycles. The number of rotatable bonds is 5. The van der Waals surface area contributed by atoms with Crippen molar-refractivity contribution in [3.05, 3.63) is 163 Å². The minimum atomic E-state index is 0.560. The van der Waals surface area contributed by atoms with Crippen molar-refractivity contribution in [1.29, 1.82) is 5.26 Å². The average molecular weight is 627 g/mol. The Morgan fingerprint density at radius 2 is 1.04 bits per heavy atom. The number of fused-ring (bicyclic) bond motifs is 4. The summed E-state index contributed by atoms with van der Waals surface area (Å²) in [5.74, 6) is 0. The van der Waals surface area contributed by atoms with Crippen LogP contribution in [0.25, 0.3) is 89.1 Å². The van der Waals surface area contributed by atoms with Crippen molar-refractivity contribution in [1.82, 2.24) is 15.0 Å². The van der Waals surface area contributed by atoms with E-state index in [4.69, 9.17) is 19.4 Å². The Hall–Kier alpha value is -6.90. The highest BCUT2D eigenvalue weighted by Gasteiger charge is 2.18. The van der Waals surface area contributed by atoms with Crippen molar-refractivity contribution < 1.29 is 4.42 Å². The summed E-state index contributed by atoms with van der Waals surface area (Å²) < 4.78 is 6.06. The van der Waals surface area contributed by atoms with Crippen molar-refractivity contribution in [2.24, 2.45) is 0 Å². The van der Waals surface area contributed by atoms with Gasteiger partial charge in [-0.15, -0.1) is 0 Å². The monoisotopic (exact) mass is 626 g/mol. The molecule has 0 radical (unpaired) electrons. The lowest BCUT2D eigenvalue weighted by Crippen LogP contribution is -1.99. The molecule has 0 atom stereocenters. The van der Waals surface area contributed by atoms with Crippen LogP contribution in [0.1, 0.15) is 5.56 Å². The van der Waals surface area contributed by atoms with E-state index in [1.807, 2.05) is 84.9 Å². The van der Waals surface area contributed by atoms with Gasteiger partial charge < -0.3 is 4.42 Å². The largest absolute Gasteiger partial charge is 0.456 e. The molecule has 0 amide bonds. The van der Waals surface area contributed by atoms with Gasteiger partial charge >= 0.3 is 0 Å². The van der Waals surface area contributed by atoms with Gasteiger partial charge in [-0.05, 0) is 76.9 Å². The molecule has 0 aliphatic rings. The molecule has 9 rings (SSSR count). The normalized spacial score (nSPS) is 11.2. The van der Waals surface area contributed by atoms with Crippen molar-refractivity contribution >= 4 is 33.0 Å². The number of nitriles is 1. The molecule has 0 bridgehead atoms. The van der Waals surface area contributed by atoms with Crippen LogP contribution < -0.4 is 0 Å². The zero-order valence-corrected chi connectivity index (χ0v) is 26.2. The molecule has 6 aromatic carbocycles. The summed E-state index contributed by atoms with van der Waals surface area (Å²) in [5, 5.41) is 11.9. The fourth-order valence-electron chi connectivity index (χ4n) is 6.45. The van der Waals surface area contributed by atoms with Crippen LogP contribution in [-0.4, -0.2) is 15.0 Å². The second-order valence-electron chi connectivity index (χ2n) is 12.0. The van der Waals surface area contributed by atoms with E-state index in [0.717, 1.165) is 72.0 Å². The van der Waals surface area contributed by atoms with Crippen LogP contribution in [-0.2, 0) is 0 Å². The van der Waals surface area contributed by atoms with Crippen molar-refractivity contribution in [3.63, 3.8) is 0 Å². The van der Waals surface area contributed by atoms with Crippen LogP contribution in [0, 0.1) is 11.3 Å². The molecule has 9 aromatic rings. The first-order valence-corrected chi connectivity index (χ1v) is 16.1. The van der Waals surface area contributed by atoms with Gasteiger partial charge in [-0.2, -0.15) is 5.26 Å². The quantitative estimate of drug-likeness (QED) is 0.190. The summed E-state index contributed by atoms with van der Waals surface area (Å²) in [7, 11) is 0. The summed E-state index contributed by atoms with van der Waals surface area (Å²) in [6.07, 6.45) is 0. The van der Waals surface area contributed by atoms with Gasteiger partial charge in [0.1, 0.15) is 16.9 Å². The molecule has 0 aliphatic heterocycles. The molecule has 3 aromatic heterocycles. The first-order valence-electron chi connectivity index (χ1n) is 16.1. The minimum absolute atomic E-state index is 0.560. The number of hydrogen-bond donors (Lipinski definition) is 0. The average Bonchev–Trinajstić information content (AvgIpc) is 3.56. The Morgan fingerprint density at radius 1 is 0.408 bits per heavy atom. The maximum Gasteiger partial charge on any atom is 0.135 e. The first kappa shape index (κ1) is 28.3. The van der Waals surface area contributed by atoms with E-state index in [1.165, 1.54) is 0 Å². The number of nitrogens with zero attached hydrogens (tertiary/aromatic N) is 4. The highest BCUT2D eigenvalue weighted by Crippen LogP contribution is 2.37. The number of furan rings is 1. The van der Waals surface area contributed by atoms with Gasteiger partial charge in [0.2, 0.25) is 0 Å². The van der Waals surface area contributed by atoms with Crippen LogP contribution in [0.15, 0.2) is 162 Å². The third kappa shape index (κ3) is 5.18. The van der Waals surface area contributed by atoms with Crippen molar-refractivity contribution in [2.45, 2.75) is 0 Å².